The summed E-state index contributed by atoms with van der Waals surface area (Å²) in [6.45, 7) is 2.54. The van der Waals surface area contributed by atoms with Crippen LogP contribution in [0.25, 0.3) is 0 Å². The van der Waals surface area contributed by atoms with Crippen LogP contribution in [0.15, 0.2) is 12.1 Å². The van der Waals surface area contributed by atoms with Crippen LogP contribution in [0.5, 0.6) is 11.5 Å². The number of nitrogens with two attached hydrogens (primary N) is 1. The summed E-state index contributed by atoms with van der Waals surface area (Å²) >= 11 is 0. The molecule has 0 aromatic heterocycles. The van der Waals surface area contributed by atoms with Crippen LogP contribution >= 0.6 is 0 Å². The van der Waals surface area contributed by atoms with Crippen LogP contribution in [0.4, 0.5) is 0 Å². The number of hydrogen-bond donors (Lipinski definition) is 1. The average Bonchev–Trinajstić information content (AvgIpc) is 2.30. The summed E-state index contributed by atoms with van der Waals surface area (Å²) in [5, 5.41) is 0. The van der Waals surface area contributed by atoms with Gasteiger partial charge < -0.3 is 20.1 Å². The molecule has 0 radical (unpaired) electrons. The van der Waals surface area contributed by atoms with Crippen LogP contribution in [0.1, 0.15) is 17.2 Å². The Morgan fingerprint density at radius 1 is 1.24 bits per heavy atom. The molecule has 0 saturated heterocycles. The molecule has 0 heterocycles. The van der Waals surface area contributed by atoms with Crippen molar-refractivity contribution in [2.45, 2.75) is 13.0 Å². The van der Waals surface area contributed by atoms with Gasteiger partial charge in [0.25, 0.3) is 0 Å². The molecule has 0 amide bonds. The molecule has 1 atom stereocenters. The highest BCUT2D eigenvalue weighted by Crippen LogP contribution is 2.35. The van der Waals surface area contributed by atoms with Crippen LogP contribution in [-0.4, -0.2) is 39.8 Å². The van der Waals surface area contributed by atoms with Crippen LogP contribution < -0.4 is 15.2 Å². The van der Waals surface area contributed by atoms with Crippen molar-refractivity contribution in [1.82, 2.24) is 4.90 Å². The molecule has 1 unspecified atom stereocenters. The van der Waals surface area contributed by atoms with Crippen molar-refractivity contribution >= 4 is 0 Å². The fourth-order valence-corrected chi connectivity index (χ4v) is 2.06. The summed E-state index contributed by atoms with van der Waals surface area (Å²) in [6, 6.07) is 4.12. The van der Waals surface area contributed by atoms with E-state index in [0.717, 1.165) is 22.6 Å². The van der Waals surface area contributed by atoms with Gasteiger partial charge in [-0.3, -0.25) is 0 Å². The van der Waals surface area contributed by atoms with E-state index in [1.165, 1.54) is 0 Å². The Labute approximate surface area is 103 Å². The maximum atomic E-state index is 5.82. The van der Waals surface area contributed by atoms with Gasteiger partial charge in [0.2, 0.25) is 0 Å². The summed E-state index contributed by atoms with van der Waals surface area (Å²) < 4.78 is 10.8. The zero-order valence-electron chi connectivity index (χ0n) is 11.3. The van der Waals surface area contributed by atoms with E-state index < -0.39 is 0 Å². The predicted molar refractivity (Wildman–Crippen MR) is 69.8 cm³/mol. The summed E-state index contributed by atoms with van der Waals surface area (Å²) in [4.78, 5) is 2.09. The standard InChI is InChI=1S/C13H22N2O2/c1-9-12(16-4)7-6-10(13(9)17-5)11(8-14)15(2)3/h6-7,11H,8,14H2,1-5H3. The van der Waals surface area contributed by atoms with Gasteiger partial charge in [-0.25, -0.2) is 0 Å². The number of ether oxygens (including phenoxy) is 2. The van der Waals surface area contributed by atoms with Gasteiger partial charge in [0.15, 0.2) is 0 Å². The summed E-state index contributed by atoms with van der Waals surface area (Å²) in [5.41, 5.74) is 7.92. The van der Waals surface area contributed by atoms with Gasteiger partial charge in [0.1, 0.15) is 11.5 Å². The molecule has 4 nitrogen and oxygen atoms in total. The number of methoxy groups -OCH3 is 2. The SMILES string of the molecule is COc1ccc(C(CN)N(C)C)c(OC)c1C. The molecule has 2 N–H and O–H groups in total. The van der Waals surface area contributed by atoms with Crippen molar-refractivity contribution in [1.29, 1.82) is 0 Å². The topological polar surface area (TPSA) is 47.7 Å². The molecule has 0 fully saturated rings. The van der Waals surface area contributed by atoms with Crippen molar-refractivity contribution in [2.24, 2.45) is 5.73 Å². The second-order valence-electron chi connectivity index (χ2n) is 4.23. The Morgan fingerprint density at radius 2 is 1.88 bits per heavy atom. The van der Waals surface area contributed by atoms with Gasteiger partial charge in [-0.2, -0.15) is 0 Å². The van der Waals surface area contributed by atoms with Crippen LogP contribution in [0.2, 0.25) is 0 Å². The zero-order chi connectivity index (χ0) is 13.0. The van der Waals surface area contributed by atoms with E-state index in [2.05, 4.69) is 4.90 Å². The maximum absolute atomic E-state index is 5.82. The van der Waals surface area contributed by atoms with Gasteiger partial charge in [-0.1, -0.05) is 0 Å². The van der Waals surface area contributed by atoms with Crippen LogP contribution in [-0.2, 0) is 0 Å². The third kappa shape index (κ3) is 2.70. The quantitative estimate of drug-likeness (QED) is 0.846. The summed E-state index contributed by atoms with van der Waals surface area (Å²) in [6.07, 6.45) is 0. The lowest BCUT2D eigenvalue weighted by molar-refractivity contribution is 0.293. The number of nitrogens with zero attached hydrogens (tertiary/aromatic N) is 1. The second kappa shape index (κ2) is 5.89. The van der Waals surface area contributed by atoms with E-state index in [1.807, 2.05) is 33.2 Å². The summed E-state index contributed by atoms with van der Waals surface area (Å²) in [5.74, 6) is 1.69. The molecule has 0 aliphatic carbocycles. The highest BCUT2D eigenvalue weighted by atomic mass is 16.5. The lowest BCUT2D eigenvalue weighted by atomic mass is 10.0. The average molecular weight is 238 g/mol. The van der Waals surface area contributed by atoms with E-state index in [0.29, 0.717) is 6.54 Å². The first-order valence-electron chi connectivity index (χ1n) is 5.64. The van der Waals surface area contributed by atoms with Crippen LogP contribution in [0.3, 0.4) is 0 Å². The number of likely N-dealkylation sites (N-methyl/N-ethyl adjacent to an activating group) is 1. The fraction of sp³-hybridized carbons (Fsp3) is 0.538. The molecule has 1 rings (SSSR count). The Kier molecular flexibility index (Phi) is 4.78. The van der Waals surface area contributed by atoms with Gasteiger partial charge in [0.05, 0.1) is 20.3 Å². The molecule has 0 spiro atoms. The molecule has 1 aromatic rings. The molecule has 17 heavy (non-hydrogen) atoms. The highest BCUT2D eigenvalue weighted by molar-refractivity contribution is 5.50. The van der Waals surface area contributed by atoms with E-state index >= 15 is 0 Å². The molecule has 4 heteroatoms. The molecule has 1 aromatic carbocycles. The van der Waals surface area contributed by atoms with Crippen LogP contribution in [0, 0.1) is 6.92 Å². The maximum Gasteiger partial charge on any atom is 0.130 e. The molecular formula is C13H22N2O2. The minimum atomic E-state index is 0.148. The summed E-state index contributed by atoms with van der Waals surface area (Å²) in [7, 11) is 7.36. The van der Waals surface area contributed by atoms with E-state index in [9.17, 15) is 0 Å². The smallest absolute Gasteiger partial charge is 0.130 e. The highest BCUT2D eigenvalue weighted by Gasteiger charge is 2.19. The number of hydrogen-bond acceptors (Lipinski definition) is 4. The number of benzene rings is 1. The largest absolute Gasteiger partial charge is 0.496 e. The Balaban J connectivity index is 3.29. The molecule has 96 valence electrons. The van der Waals surface area contributed by atoms with Crippen molar-refractivity contribution < 1.29 is 9.47 Å². The first-order valence-corrected chi connectivity index (χ1v) is 5.64. The third-order valence-corrected chi connectivity index (χ3v) is 3.02. The Morgan fingerprint density at radius 3 is 2.29 bits per heavy atom. The molecule has 0 saturated carbocycles. The van der Waals surface area contributed by atoms with Crippen molar-refractivity contribution in [3.05, 3.63) is 23.3 Å². The normalized spacial score (nSPS) is 12.6. The molecule has 0 aliphatic rings. The van der Waals surface area contributed by atoms with Gasteiger partial charge in [-0.05, 0) is 33.2 Å². The minimum Gasteiger partial charge on any atom is -0.496 e. The van der Waals surface area contributed by atoms with Crippen molar-refractivity contribution in [3.8, 4) is 11.5 Å². The zero-order valence-corrected chi connectivity index (χ0v) is 11.3. The second-order valence-corrected chi connectivity index (χ2v) is 4.23. The third-order valence-electron chi connectivity index (χ3n) is 3.02. The Hall–Kier alpha value is -1.26. The van der Waals surface area contributed by atoms with Gasteiger partial charge in [0, 0.05) is 17.7 Å². The first kappa shape index (κ1) is 13.8. The lowest BCUT2D eigenvalue weighted by Gasteiger charge is -2.26. The Bertz CT molecular complexity index is 378. The van der Waals surface area contributed by atoms with E-state index in [1.54, 1.807) is 14.2 Å². The van der Waals surface area contributed by atoms with E-state index in [-0.39, 0.29) is 6.04 Å². The van der Waals surface area contributed by atoms with Gasteiger partial charge in [-0.15, -0.1) is 0 Å². The molecular weight excluding hydrogens is 216 g/mol. The molecule has 0 bridgehead atoms. The van der Waals surface area contributed by atoms with Crippen molar-refractivity contribution in [2.75, 3.05) is 34.9 Å². The van der Waals surface area contributed by atoms with Crippen molar-refractivity contribution in [3.63, 3.8) is 0 Å². The lowest BCUT2D eigenvalue weighted by Crippen LogP contribution is -2.27. The predicted octanol–water partition coefficient (Wildman–Crippen LogP) is 1.57. The number of rotatable bonds is 5. The van der Waals surface area contributed by atoms with Gasteiger partial charge >= 0.3 is 0 Å². The minimum absolute atomic E-state index is 0.148. The monoisotopic (exact) mass is 238 g/mol. The first-order chi connectivity index (χ1) is 8.06. The molecule has 0 aliphatic heterocycles. The fourth-order valence-electron chi connectivity index (χ4n) is 2.06. The van der Waals surface area contributed by atoms with E-state index in [4.69, 9.17) is 15.2 Å².